The first-order valence-corrected chi connectivity index (χ1v) is 8.21. The van der Waals surface area contributed by atoms with Gasteiger partial charge in [-0.05, 0) is 73.7 Å². The van der Waals surface area contributed by atoms with Crippen molar-refractivity contribution in [3.05, 3.63) is 22.3 Å². The van der Waals surface area contributed by atoms with Gasteiger partial charge in [0.1, 0.15) is 12.6 Å². The van der Waals surface area contributed by atoms with Gasteiger partial charge >= 0.3 is 0 Å². The summed E-state index contributed by atoms with van der Waals surface area (Å²) in [5, 5.41) is 0. The topological polar surface area (TPSA) is 34.1 Å². The Morgan fingerprint density at radius 2 is 0.850 bits per heavy atom. The molecule has 0 unspecified atom stereocenters. The van der Waals surface area contributed by atoms with Crippen LogP contribution in [0.4, 0.5) is 0 Å². The summed E-state index contributed by atoms with van der Waals surface area (Å²) < 4.78 is 0. The van der Waals surface area contributed by atoms with Gasteiger partial charge in [-0.3, -0.25) is 9.59 Å². The Balaban J connectivity index is 2.39. The number of hydrogen-bond acceptors (Lipinski definition) is 2. The molecule has 0 fully saturated rings. The molecule has 0 radical (unpaired) electrons. The fraction of sp³-hybridized carbons (Fsp3) is 0.667. The molecule has 0 heterocycles. The van der Waals surface area contributed by atoms with Gasteiger partial charge in [0, 0.05) is 0 Å². The van der Waals surface area contributed by atoms with Gasteiger partial charge in [0.2, 0.25) is 0 Å². The van der Waals surface area contributed by atoms with Crippen LogP contribution in [0.2, 0.25) is 0 Å². The minimum atomic E-state index is 0.897. The van der Waals surface area contributed by atoms with E-state index in [0.29, 0.717) is 0 Å². The van der Waals surface area contributed by atoms with Crippen molar-refractivity contribution in [2.24, 2.45) is 0 Å². The molecule has 2 nitrogen and oxygen atoms in total. The van der Waals surface area contributed by atoms with Crippen molar-refractivity contribution in [3.63, 3.8) is 0 Å². The van der Waals surface area contributed by atoms with Crippen molar-refractivity contribution in [1.29, 1.82) is 0 Å². The van der Waals surface area contributed by atoms with Crippen LogP contribution in [0.25, 0.3) is 0 Å². The molecule has 0 aromatic carbocycles. The highest BCUT2D eigenvalue weighted by molar-refractivity contribution is 5.81. The molecule has 0 bridgehead atoms. The minimum absolute atomic E-state index is 0.897. The van der Waals surface area contributed by atoms with Crippen molar-refractivity contribution in [2.75, 3.05) is 0 Å². The lowest BCUT2D eigenvalue weighted by molar-refractivity contribution is -0.106. The quantitative estimate of drug-likeness (QED) is 0.700. The Morgan fingerprint density at radius 3 is 1.20 bits per heavy atom. The number of hydrogen-bond donors (Lipinski definition) is 0. The summed E-state index contributed by atoms with van der Waals surface area (Å²) in [6.07, 6.45) is 15.4. The number of allylic oxidation sites excluding steroid dienone is 4. The van der Waals surface area contributed by atoms with Crippen LogP contribution in [0.3, 0.4) is 0 Å². The largest absolute Gasteiger partial charge is 0.298 e. The molecule has 0 saturated carbocycles. The first kappa shape index (κ1) is 15.2. The summed E-state index contributed by atoms with van der Waals surface area (Å²) in [5.41, 5.74) is 4.40. The third-order valence-electron chi connectivity index (χ3n) is 4.67. The van der Waals surface area contributed by atoms with Gasteiger partial charge in [0.25, 0.3) is 0 Å². The standard InChI is InChI=1S/C18H26O2/c19-13-15-9-5-1-3-7-11-17(15)18-12-8-4-2-6-10-16(18)14-20/h13-14H,1-12H2/b17-15-,18-16+. The van der Waals surface area contributed by atoms with E-state index in [1.54, 1.807) is 0 Å². The molecule has 0 spiro atoms. The third kappa shape index (κ3) is 3.91. The van der Waals surface area contributed by atoms with E-state index in [2.05, 4.69) is 0 Å². The summed E-state index contributed by atoms with van der Waals surface area (Å²) in [6, 6.07) is 0. The van der Waals surface area contributed by atoms with E-state index < -0.39 is 0 Å². The zero-order chi connectivity index (χ0) is 14.2. The number of carbonyl (C=O) groups is 2. The van der Waals surface area contributed by atoms with Gasteiger partial charge < -0.3 is 0 Å². The van der Waals surface area contributed by atoms with Gasteiger partial charge in [0.15, 0.2) is 0 Å². The first-order chi connectivity index (χ1) is 9.86. The summed E-state index contributed by atoms with van der Waals surface area (Å²) in [4.78, 5) is 22.9. The van der Waals surface area contributed by atoms with Crippen molar-refractivity contribution >= 4 is 12.6 Å². The van der Waals surface area contributed by atoms with Crippen LogP contribution in [0.15, 0.2) is 22.3 Å². The normalized spacial score (nSPS) is 29.8. The predicted molar refractivity (Wildman–Crippen MR) is 81.6 cm³/mol. The second kappa shape index (κ2) is 8.18. The van der Waals surface area contributed by atoms with E-state index in [9.17, 15) is 9.59 Å². The molecular formula is C18H26O2. The molecule has 0 saturated heterocycles. The molecule has 110 valence electrons. The van der Waals surface area contributed by atoms with Crippen LogP contribution in [-0.4, -0.2) is 12.6 Å². The van der Waals surface area contributed by atoms with E-state index in [4.69, 9.17) is 0 Å². The number of rotatable bonds is 3. The van der Waals surface area contributed by atoms with Gasteiger partial charge in [-0.25, -0.2) is 0 Å². The van der Waals surface area contributed by atoms with Crippen LogP contribution in [0.5, 0.6) is 0 Å². The second-order valence-corrected chi connectivity index (χ2v) is 6.07. The molecule has 0 aliphatic heterocycles. The zero-order valence-corrected chi connectivity index (χ0v) is 12.5. The molecular weight excluding hydrogens is 248 g/mol. The molecule has 2 aliphatic rings. The van der Waals surface area contributed by atoms with E-state index in [1.807, 2.05) is 0 Å². The van der Waals surface area contributed by atoms with Crippen LogP contribution in [0.1, 0.15) is 77.0 Å². The Bertz CT molecular complexity index is 375. The summed E-state index contributed by atoms with van der Waals surface area (Å²) in [7, 11) is 0. The Labute approximate surface area is 122 Å². The molecule has 2 aliphatic carbocycles. The maximum atomic E-state index is 11.5. The number of aldehydes is 2. The molecule has 20 heavy (non-hydrogen) atoms. The molecule has 0 aromatic rings. The summed E-state index contributed by atoms with van der Waals surface area (Å²) >= 11 is 0. The molecule has 0 aromatic heterocycles. The second-order valence-electron chi connectivity index (χ2n) is 6.07. The molecule has 2 rings (SSSR count). The van der Waals surface area contributed by atoms with Crippen LogP contribution < -0.4 is 0 Å². The smallest absolute Gasteiger partial charge is 0.146 e. The van der Waals surface area contributed by atoms with E-state index in [-0.39, 0.29) is 0 Å². The maximum absolute atomic E-state index is 11.5. The fourth-order valence-electron chi connectivity index (χ4n) is 3.51. The maximum Gasteiger partial charge on any atom is 0.146 e. The average molecular weight is 274 g/mol. The monoisotopic (exact) mass is 274 g/mol. The van der Waals surface area contributed by atoms with Gasteiger partial charge in [0.05, 0.1) is 0 Å². The summed E-state index contributed by atoms with van der Waals surface area (Å²) in [6.45, 7) is 0. The van der Waals surface area contributed by atoms with Crippen molar-refractivity contribution in [1.82, 2.24) is 0 Å². The molecule has 2 heteroatoms. The van der Waals surface area contributed by atoms with E-state index in [0.717, 1.165) is 75.1 Å². The Hall–Kier alpha value is -1.18. The molecule has 0 amide bonds. The van der Waals surface area contributed by atoms with Crippen LogP contribution in [-0.2, 0) is 9.59 Å². The van der Waals surface area contributed by atoms with E-state index >= 15 is 0 Å². The number of carbonyl (C=O) groups excluding carboxylic acids is 2. The highest BCUT2D eigenvalue weighted by atomic mass is 16.1. The van der Waals surface area contributed by atoms with E-state index in [1.165, 1.54) is 36.8 Å². The van der Waals surface area contributed by atoms with Gasteiger partial charge in [-0.1, -0.05) is 25.7 Å². The Kier molecular flexibility index (Phi) is 6.23. The average Bonchev–Trinajstić information content (AvgIpc) is 2.40. The minimum Gasteiger partial charge on any atom is -0.298 e. The fourth-order valence-corrected chi connectivity index (χ4v) is 3.51. The van der Waals surface area contributed by atoms with Gasteiger partial charge in [-0.15, -0.1) is 0 Å². The SMILES string of the molecule is O=C/C1=C(\C2=C(\C=O)CCCCCC2)CCCCCC1. The summed E-state index contributed by atoms with van der Waals surface area (Å²) in [5.74, 6) is 0. The van der Waals surface area contributed by atoms with Crippen LogP contribution in [0, 0.1) is 0 Å². The van der Waals surface area contributed by atoms with Gasteiger partial charge in [-0.2, -0.15) is 0 Å². The van der Waals surface area contributed by atoms with Crippen LogP contribution >= 0.6 is 0 Å². The predicted octanol–water partition coefficient (Wildman–Crippen LogP) is 4.69. The lowest BCUT2D eigenvalue weighted by atomic mass is 9.83. The highest BCUT2D eigenvalue weighted by Crippen LogP contribution is 2.34. The lowest BCUT2D eigenvalue weighted by Crippen LogP contribution is -2.07. The Morgan fingerprint density at radius 1 is 0.500 bits per heavy atom. The lowest BCUT2D eigenvalue weighted by Gasteiger charge is -2.22. The van der Waals surface area contributed by atoms with Crippen molar-refractivity contribution < 1.29 is 9.59 Å². The van der Waals surface area contributed by atoms with Crippen molar-refractivity contribution in [2.45, 2.75) is 77.0 Å². The first-order valence-electron chi connectivity index (χ1n) is 8.21. The molecule has 0 N–H and O–H groups in total. The zero-order valence-electron chi connectivity index (χ0n) is 12.5. The molecule has 0 atom stereocenters. The van der Waals surface area contributed by atoms with Crippen molar-refractivity contribution in [3.8, 4) is 0 Å². The highest BCUT2D eigenvalue weighted by Gasteiger charge is 2.18. The third-order valence-corrected chi connectivity index (χ3v) is 4.67.